The van der Waals surface area contributed by atoms with Crippen molar-refractivity contribution in [2.45, 2.75) is 13.0 Å². The maximum Gasteiger partial charge on any atom is 0.294 e. The van der Waals surface area contributed by atoms with E-state index in [2.05, 4.69) is 0 Å². The van der Waals surface area contributed by atoms with E-state index in [1.165, 1.54) is 12.0 Å². The molecule has 0 spiro atoms. The van der Waals surface area contributed by atoms with Gasteiger partial charge >= 0.3 is 0 Å². The van der Waals surface area contributed by atoms with Gasteiger partial charge in [-0.05, 0) is 55.5 Å². The van der Waals surface area contributed by atoms with Gasteiger partial charge in [-0.3, -0.25) is 14.5 Å². The first kappa shape index (κ1) is 22.3. The van der Waals surface area contributed by atoms with E-state index in [1.807, 2.05) is 31.1 Å². The van der Waals surface area contributed by atoms with E-state index >= 15 is 0 Å². The number of para-hydroxylation sites is 1. The fourth-order valence-corrected chi connectivity index (χ4v) is 4.33. The van der Waals surface area contributed by atoms with E-state index < -0.39 is 23.5 Å². The quantitative estimate of drug-likeness (QED) is 0.386. The second-order valence-corrected chi connectivity index (χ2v) is 8.52. The van der Waals surface area contributed by atoms with Crippen molar-refractivity contribution in [2.75, 3.05) is 31.0 Å². The molecule has 1 aliphatic heterocycles. The van der Waals surface area contributed by atoms with Gasteiger partial charge in [0.1, 0.15) is 17.6 Å². The summed E-state index contributed by atoms with van der Waals surface area (Å²) in [5.74, 6) is -0.520. The van der Waals surface area contributed by atoms with Gasteiger partial charge in [0.2, 0.25) is 5.78 Å². The molecular formula is C27H24N2O6. The Balaban J connectivity index is 1.62. The number of rotatable bonds is 6. The van der Waals surface area contributed by atoms with Gasteiger partial charge in [-0.1, -0.05) is 12.1 Å². The molecule has 3 heterocycles. The number of methoxy groups -OCH3 is 1. The van der Waals surface area contributed by atoms with Gasteiger partial charge < -0.3 is 23.6 Å². The molecule has 0 bridgehead atoms. The first-order valence-corrected chi connectivity index (χ1v) is 11.0. The second kappa shape index (κ2) is 8.39. The zero-order valence-corrected chi connectivity index (χ0v) is 19.7. The Hall–Kier alpha value is -4.46. The van der Waals surface area contributed by atoms with Crippen LogP contribution in [0.15, 0.2) is 80.8 Å². The number of ketones is 1. The van der Waals surface area contributed by atoms with Crippen LogP contribution in [-0.2, 0) is 4.79 Å². The van der Waals surface area contributed by atoms with Crippen LogP contribution >= 0.6 is 0 Å². The van der Waals surface area contributed by atoms with Crippen molar-refractivity contribution in [3.63, 3.8) is 0 Å². The van der Waals surface area contributed by atoms with Gasteiger partial charge in [-0.25, -0.2) is 0 Å². The minimum Gasteiger partial charge on any atom is -0.503 e. The van der Waals surface area contributed by atoms with Gasteiger partial charge in [-0.2, -0.15) is 0 Å². The Morgan fingerprint density at radius 2 is 1.80 bits per heavy atom. The lowest BCUT2D eigenvalue weighted by atomic mass is 9.99. The summed E-state index contributed by atoms with van der Waals surface area (Å²) in [6.45, 7) is 1.77. The maximum absolute atomic E-state index is 13.7. The molecule has 5 rings (SSSR count). The van der Waals surface area contributed by atoms with E-state index in [1.54, 1.807) is 55.5 Å². The van der Waals surface area contributed by atoms with Crippen LogP contribution in [0.5, 0.6) is 5.75 Å². The summed E-state index contributed by atoms with van der Waals surface area (Å²) >= 11 is 0. The number of carbonyl (C=O) groups is 2. The van der Waals surface area contributed by atoms with Crippen LogP contribution in [0.4, 0.5) is 11.4 Å². The summed E-state index contributed by atoms with van der Waals surface area (Å²) in [5, 5.41) is 11.6. The van der Waals surface area contributed by atoms with E-state index in [0.717, 1.165) is 5.69 Å². The number of aliphatic hydroxyl groups excluding tert-OH is 1. The molecule has 0 saturated carbocycles. The lowest BCUT2D eigenvalue weighted by Crippen LogP contribution is -2.30. The van der Waals surface area contributed by atoms with E-state index in [-0.39, 0.29) is 11.3 Å². The lowest BCUT2D eigenvalue weighted by Gasteiger charge is -2.25. The summed E-state index contributed by atoms with van der Waals surface area (Å²) < 4.78 is 17.0. The summed E-state index contributed by atoms with van der Waals surface area (Å²) in [6.07, 6.45) is 0. The first-order chi connectivity index (χ1) is 16.8. The topological polar surface area (TPSA) is 96.4 Å². The van der Waals surface area contributed by atoms with Gasteiger partial charge in [-0.15, -0.1) is 0 Å². The number of nitrogens with zero attached hydrogens (tertiary/aromatic N) is 2. The van der Waals surface area contributed by atoms with Crippen molar-refractivity contribution in [2.24, 2.45) is 0 Å². The SMILES string of the molecule is COc1cccc2cc(C(=O)C3=C(O)C(=O)N(c4ccc(N(C)C)cc4)C3c3ccc(C)o3)oc12. The van der Waals surface area contributed by atoms with Gasteiger partial charge in [0.25, 0.3) is 5.91 Å². The number of ether oxygens (including phenoxy) is 1. The van der Waals surface area contributed by atoms with Gasteiger partial charge in [0.15, 0.2) is 22.9 Å². The van der Waals surface area contributed by atoms with Crippen molar-refractivity contribution in [1.29, 1.82) is 0 Å². The molecule has 0 radical (unpaired) electrons. The summed E-state index contributed by atoms with van der Waals surface area (Å²) in [6, 6.07) is 16.6. The highest BCUT2D eigenvalue weighted by atomic mass is 16.5. The maximum atomic E-state index is 13.7. The molecule has 0 aliphatic carbocycles. The Morgan fingerprint density at radius 3 is 2.43 bits per heavy atom. The van der Waals surface area contributed by atoms with Crippen LogP contribution in [0.2, 0.25) is 0 Å². The third-order valence-corrected chi connectivity index (χ3v) is 6.08. The molecule has 4 aromatic rings. The predicted octanol–water partition coefficient (Wildman–Crippen LogP) is 5.19. The Bertz CT molecular complexity index is 1480. The summed E-state index contributed by atoms with van der Waals surface area (Å²) in [5.41, 5.74) is 1.75. The number of benzene rings is 2. The number of fused-ring (bicyclic) bond motifs is 1. The molecule has 178 valence electrons. The number of furan rings is 2. The van der Waals surface area contributed by atoms with E-state index in [9.17, 15) is 14.7 Å². The fourth-order valence-electron chi connectivity index (χ4n) is 4.33. The van der Waals surface area contributed by atoms with Crippen LogP contribution in [0, 0.1) is 6.92 Å². The highest BCUT2D eigenvalue weighted by Crippen LogP contribution is 2.43. The zero-order valence-electron chi connectivity index (χ0n) is 19.7. The van der Waals surface area contributed by atoms with Crippen LogP contribution < -0.4 is 14.5 Å². The Kier molecular flexibility index (Phi) is 5.36. The average molecular weight is 472 g/mol. The Morgan fingerprint density at radius 1 is 1.06 bits per heavy atom. The summed E-state index contributed by atoms with van der Waals surface area (Å²) in [4.78, 5) is 30.3. The minimum absolute atomic E-state index is 0.0167. The number of amides is 1. The molecule has 2 aromatic carbocycles. The smallest absolute Gasteiger partial charge is 0.294 e. The standard InChI is InChI=1S/C27H24N2O6/c1-15-8-13-19(34-15)23-22(24(30)21-14-16-6-5-7-20(33-4)26(16)35-21)25(31)27(32)29(23)18-11-9-17(10-12-18)28(2)3/h5-14,23,31H,1-4H3. The van der Waals surface area contributed by atoms with Gasteiger partial charge in [0, 0.05) is 30.9 Å². The number of anilines is 2. The first-order valence-electron chi connectivity index (χ1n) is 11.0. The van der Waals surface area contributed by atoms with Gasteiger partial charge in [0.05, 0.1) is 12.7 Å². The van der Waals surface area contributed by atoms with Crippen molar-refractivity contribution in [3.05, 3.63) is 89.3 Å². The largest absolute Gasteiger partial charge is 0.503 e. The molecule has 1 aliphatic rings. The number of hydrogen-bond donors (Lipinski definition) is 1. The molecule has 1 unspecified atom stereocenters. The van der Waals surface area contributed by atoms with E-state index in [4.69, 9.17) is 13.6 Å². The highest BCUT2D eigenvalue weighted by Gasteiger charge is 2.47. The normalized spacial score (nSPS) is 15.8. The molecule has 0 saturated heterocycles. The summed E-state index contributed by atoms with van der Waals surface area (Å²) in [7, 11) is 5.34. The highest BCUT2D eigenvalue weighted by molar-refractivity contribution is 6.20. The molecule has 8 heteroatoms. The number of carbonyl (C=O) groups excluding carboxylic acids is 2. The average Bonchev–Trinajstić information content (AvgIpc) is 3.55. The van der Waals surface area contributed by atoms with Crippen molar-refractivity contribution in [3.8, 4) is 5.75 Å². The third kappa shape index (κ3) is 3.63. The molecular weight excluding hydrogens is 448 g/mol. The van der Waals surface area contributed by atoms with Crippen LogP contribution in [0.3, 0.4) is 0 Å². The third-order valence-electron chi connectivity index (χ3n) is 6.08. The van der Waals surface area contributed by atoms with Crippen LogP contribution in [0.1, 0.15) is 28.1 Å². The number of aliphatic hydroxyl groups is 1. The lowest BCUT2D eigenvalue weighted by molar-refractivity contribution is -0.117. The second-order valence-electron chi connectivity index (χ2n) is 8.52. The molecule has 0 fully saturated rings. The molecule has 1 atom stereocenters. The Labute approximate surface area is 201 Å². The molecule has 8 nitrogen and oxygen atoms in total. The van der Waals surface area contributed by atoms with E-state index in [0.29, 0.717) is 33.9 Å². The minimum atomic E-state index is -0.969. The zero-order chi connectivity index (χ0) is 24.9. The predicted molar refractivity (Wildman–Crippen MR) is 131 cm³/mol. The number of aryl methyl sites for hydroxylation is 1. The van der Waals surface area contributed by atoms with Crippen molar-refractivity contribution in [1.82, 2.24) is 0 Å². The van der Waals surface area contributed by atoms with Crippen molar-refractivity contribution < 1.29 is 28.3 Å². The fraction of sp³-hybridized carbons (Fsp3) is 0.185. The van der Waals surface area contributed by atoms with Crippen LogP contribution in [0.25, 0.3) is 11.0 Å². The van der Waals surface area contributed by atoms with Crippen LogP contribution in [-0.4, -0.2) is 38.0 Å². The number of Topliss-reactive ketones (excluding diaryl/α,β-unsaturated/α-hetero) is 1. The molecule has 1 N–H and O–H groups in total. The monoisotopic (exact) mass is 472 g/mol. The van der Waals surface area contributed by atoms with Crippen molar-refractivity contribution >= 4 is 34.0 Å². The molecule has 2 aromatic heterocycles. The molecule has 35 heavy (non-hydrogen) atoms. The molecule has 1 amide bonds. The number of hydrogen-bond acceptors (Lipinski definition) is 7.